The Bertz CT molecular complexity index is 1980. The van der Waals surface area contributed by atoms with E-state index in [4.69, 9.17) is 5.73 Å². The van der Waals surface area contributed by atoms with E-state index in [0.29, 0.717) is 26.7 Å². The van der Waals surface area contributed by atoms with E-state index in [2.05, 4.69) is 9.72 Å². The number of nitrogens with zero attached hydrogens (tertiary/aromatic N) is 4. The zero-order chi connectivity index (χ0) is 29.8. The summed E-state index contributed by atoms with van der Waals surface area (Å²) in [6.07, 6.45) is 0. The van der Waals surface area contributed by atoms with Crippen LogP contribution in [0.5, 0.6) is 0 Å². The van der Waals surface area contributed by atoms with Gasteiger partial charge in [-0.2, -0.15) is 0 Å². The van der Waals surface area contributed by atoms with Crippen molar-refractivity contribution in [2.75, 3.05) is 18.6 Å². The van der Waals surface area contributed by atoms with Crippen molar-refractivity contribution in [3.8, 4) is 5.69 Å². The third-order valence-corrected chi connectivity index (χ3v) is 7.48. The Morgan fingerprint density at radius 3 is 2.19 bits per heavy atom. The van der Waals surface area contributed by atoms with Crippen molar-refractivity contribution >= 4 is 40.2 Å². The molecule has 212 valence electrons. The van der Waals surface area contributed by atoms with Gasteiger partial charge in [0.15, 0.2) is 10.9 Å². The number of aromatic nitrogens is 4. The van der Waals surface area contributed by atoms with E-state index in [-0.39, 0.29) is 28.8 Å². The Balaban J connectivity index is 1.58. The van der Waals surface area contributed by atoms with E-state index in [1.807, 2.05) is 6.07 Å². The van der Waals surface area contributed by atoms with Gasteiger partial charge in [0.2, 0.25) is 0 Å². The van der Waals surface area contributed by atoms with Gasteiger partial charge in [-0.25, -0.2) is 14.3 Å². The second kappa shape index (κ2) is 12.1. The molecule has 0 aliphatic heterocycles. The van der Waals surface area contributed by atoms with Gasteiger partial charge in [0.25, 0.3) is 11.1 Å². The van der Waals surface area contributed by atoms with Crippen LogP contribution in [0.2, 0.25) is 0 Å². The zero-order valence-electron chi connectivity index (χ0n) is 22.4. The molecule has 42 heavy (non-hydrogen) atoms. The monoisotopic (exact) mass is 583 g/mol. The molecule has 5 rings (SSSR count). The largest absolute Gasteiger partial charge is 0.468 e. The van der Waals surface area contributed by atoms with E-state index in [1.165, 1.54) is 4.57 Å². The molecule has 0 saturated carbocycles. The molecule has 0 radical (unpaired) electrons. The first-order valence-corrected chi connectivity index (χ1v) is 13.8. The number of esters is 1. The lowest BCUT2D eigenvalue weighted by molar-refractivity contribution is -0.141. The summed E-state index contributed by atoms with van der Waals surface area (Å²) in [4.78, 5) is 70.4. The summed E-state index contributed by atoms with van der Waals surface area (Å²) < 4.78 is 7.76. The van der Waals surface area contributed by atoms with Crippen LogP contribution in [0, 0.1) is 0 Å². The molecule has 0 saturated heterocycles. The SMILES string of the molecule is COC(=O)Cn1c(=O)c(C(=O)CSc2nc3ccccc3c(=O)n2-c2ccccc2)c(N)n(Cc2ccccc2)c1=O. The number of methoxy groups -OCH3 is 1. The highest BCUT2D eigenvalue weighted by atomic mass is 32.2. The highest BCUT2D eigenvalue weighted by molar-refractivity contribution is 7.99. The van der Waals surface area contributed by atoms with Crippen LogP contribution in [0.15, 0.2) is 104 Å². The first-order chi connectivity index (χ1) is 20.3. The van der Waals surface area contributed by atoms with Crippen molar-refractivity contribution in [2.24, 2.45) is 0 Å². The molecule has 0 fully saturated rings. The summed E-state index contributed by atoms with van der Waals surface area (Å²) in [7, 11) is 1.12. The lowest BCUT2D eigenvalue weighted by Crippen LogP contribution is -2.45. The number of ketones is 1. The molecule has 2 aromatic heterocycles. The molecule has 12 heteroatoms. The molecule has 0 bridgehead atoms. The maximum absolute atomic E-state index is 13.6. The fraction of sp³-hybridized carbons (Fsp3) is 0.133. The van der Waals surface area contributed by atoms with Crippen molar-refractivity contribution in [2.45, 2.75) is 18.2 Å². The van der Waals surface area contributed by atoms with Gasteiger partial charge in [-0.05, 0) is 29.8 Å². The van der Waals surface area contributed by atoms with Gasteiger partial charge in [0.1, 0.15) is 17.9 Å². The minimum absolute atomic E-state index is 0.0415. The lowest BCUT2D eigenvalue weighted by Gasteiger charge is -2.16. The van der Waals surface area contributed by atoms with E-state index in [0.717, 1.165) is 23.4 Å². The van der Waals surface area contributed by atoms with E-state index >= 15 is 0 Å². The van der Waals surface area contributed by atoms with Crippen LogP contribution in [-0.4, -0.2) is 43.3 Å². The number of thioether (sulfide) groups is 1. The second-order valence-electron chi connectivity index (χ2n) is 9.18. The Morgan fingerprint density at radius 1 is 0.857 bits per heavy atom. The van der Waals surface area contributed by atoms with Crippen LogP contribution in [0.3, 0.4) is 0 Å². The number of para-hydroxylation sites is 2. The molecule has 0 spiro atoms. The number of nitrogen functional groups attached to an aromatic ring is 1. The summed E-state index contributed by atoms with van der Waals surface area (Å²) in [5.41, 5.74) is 5.33. The molecule has 2 heterocycles. The number of benzene rings is 3. The van der Waals surface area contributed by atoms with E-state index in [9.17, 15) is 24.0 Å². The summed E-state index contributed by atoms with van der Waals surface area (Å²) in [6.45, 7) is -0.739. The summed E-state index contributed by atoms with van der Waals surface area (Å²) in [5.74, 6) is -2.21. The number of rotatable bonds is 9. The third kappa shape index (κ3) is 5.52. The molecule has 11 nitrogen and oxygen atoms in total. The molecule has 0 unspecified atom stereocenters. The first-order valence-electron chi connectivity index (χ1n) is 12.8. The van der Waals surface area contributed by atoms with Crippen LogP contribution in [0.4, 0.5) is 5.82 Å². The maximum Gasteiger partial charge on any atom is 0.333 e. The molecular weight excluding hydrogens is 558 g/mol. The van der Waals surface area contributed by atoms with Gasteiger partial charge in [-0.1, -0.05) is 72.4 Å². The molecule has 0 atom stereocenters. The van der Waals surface area contributed by atoms with Gasteiger partial charge in [-0.15, -0.1) is 0 Å². The van der Waals surface area contributed by atoms with Gasteiger partial charge < -0.3 is 10.5 Å². The van der Waals surface area contributed by atoms with Gasteiger partial charge in [0.05, 0.1) is 36.0 Å². The third-order valence-electron chi connectivity index (χ3n) is 6.54. The van der Waals surface area contributed by atoms with Crippen LogP contribution >= 0.6 is 11.8 Å². The van der Waals surface area contributed by atoms with Crippen LogP contribution in [-0.2, 0) is 22.6 Å². The van der Waals surface area contributed by atoms with Gasteiger partial charge >= 0.3 is 11.7 Å². The van der Waals surface area contributed by atoms with Crippen molar-refractivity contribution in [1.82, 2.24) is 18.7 Å². The molecule has 3 aromatic carbocycles. The highest BCUT2D eigenvalue weighted by Crippen LogP contribution is 2.23. The van der Waals surface area contributed by atoms with Crippen molar-refractivity contribution < 1.29 is 14.3 Å². The number of hydrogen-bond donors (Lipinski definition) is 1. The average molecular weight is 584 g/mol. The number of carbonyl (C=O) groups excluding carboxylic acids is 2. The Labute approximate surface area is 242 Å². The highest BCUT2D eigenvalue weighted by Gasteiger charge is 2.25. The number of fused-ring (bicyclic) bond motifs is 1. The first kappa shape index (κ1) is 28.3. The standard InChI is InChI=1S/C30H25N5O6S/c1-41-24(37)17-34-28(39)25(26(31)33(30(34)40)16-19-10-4-2-5-11-19)23(36)18-42-29-32-22-15-9-8-14-21(22)27(38)35(29)20-12-6-3-7-13-20/h2-15H,16-18,31H2,1H3. The summed E-state index contributed by atoms with van der Waals surface area (Å²) in [6, 6.07) is 24.6. The number of Topliss-reactive ketones (excluding diaryl/α,β-unsaturated/α-hetero) is 1. The molecule has 0 aliphatic rings. The fourth-order valence-corrected chi connectivity index (χ4v) is 5.33. The van der Waals surface area contributed by atoms with Gasteiger partial charge in [0, 0.05) is 0 Å². The van der Waals surface area contributed by atoms with Gasteiger partial charge in [-0.3, -0.25) is 28.3 Å². The molecular formula is C30H25N5O6S. The fourth-order valence-electron chi connectivity index (χ4n) is 4.45. The average Bonchev–Trinajstić information content (AvgIpc) is 3.01. The number of nitrogens with two attached hydrogens (primary N) is 1. The number of ether oxygens (including phenoxy) is 1. The van der Waals surface area contributed by atoms with E-state index < -0.39 is 35.1 Å². The van der Waals surface area contributed by atoms with Crippen LogP contribution < -0.4 is 22.5 Å². The minimum atomic E-state index is -1.01. The second-order valence-corrected chi connectivity index (χ2v) is 10.1. The number of anilines is 1. The topological polar surface area (TPSA) is 148 Å². The number of hydrogen-bond acceptors (Lipinski definition) is 9. The lowest BCUT2D eigenvalue weighted by atomic mass is 10.2. The van der Waals surface area contributed by atoms with Crippen molar-refractivity contribution in [1.29, 1.82) is 0 Å². The van der Waals surface area contributed by atoms with Crippen molar-refractivity contribution in [3.05, 3.63) is 127 Å². The van der Waals surface area contributed by atoms with Crippen LogP contribution in [0.25, 0.3) is 16.6 Å². The number of carbonyl (C=O) groups is 2. The summed E-state index contributed by atoms with van der Waals surface area (Å²) in [5, 5.41) is 0.629. The molecule has 0 amide bonds. The van der Waals surface area contributed by atoms with Crippen molar-refractivity contribution in [3.63, 3.8) is 0 Å². The molecule has 5 aromatic rings. The zero-order valence-corrected chi connectivity index (χ0v) is 23.2. The quantitative estimate of drug-likeness (QED) is 0.120. The Kier molecular flexibility index (Phi) is 8.16. The normalized spacial score (nSPS) is 11.0. The van der Waals surface area contributed by atoms with Crippen LogP contribution in [0.1, 0.15) is 15.9 Å². The molecule has 2 N–H and O–H groups in total. The Hall–Kier alpha value is -5.23. The van der Waals surface area contributed by atoms with E-state index in [1.54, 1.807) is 78.9 Å². The predicted molar refractivity (Wildman–Crippen MR) is 159 cm³/mol. The summed E-state index contributed by atoms with van der Waals surface area (Å²) >= 11 is 0.949. The smallest absolute Gasteiger partial charge is 0.333 e. The predicted octanol–water partition coefficient (Wildman–Crippen LogP) is 2.49. The minimum Gasteiger partial charge on any atom is -0.468 e. The maximum atomic E-state index is 13.6. The molecule has 0 aliphatic carbocycles. The Morgan fingerprint density at radius 2 is 1.50 bits per heavy atom.